The van der Waals surface area contributed by atoms with Crippen LogP contribution in [-0.4, -0.2) is 5.78 Å². The standard InChI is InChI=1S/C11H15BrOS/c1-4-8(5-2)11-9(12)6-10(14-11)7(3)13/h6,8H,4-5H2,1-3H3. The average molecular weight is 275 g/mol. The van der Waals surface area contributed by atoms with Crippen LogP contribution in [0, 0.1) is 0 Å². The minimum Gasteiger partial charge on any atom is -0.294 e. The van der Waals surface area contributed by atoms with Gasteiger partial charge < -0.3 is 0 Å². The minimum atomic E-state index is 0.160. The monoisotopic (exact) mass is 274 g/mol. The zero-order chi connectivity index (χ0) is 10.7. The quantitative estimate of drug-likeness (QED) is 0.733. The van der Waals surface area contributed by atoms with E-state index in [1.54, 1.807) is 18.3 Å². The maximum Gasteiger partial charge on any atom is 0.169 e. The number of Topliss-reactive ketones (excluding diaryl/α,β-unsaturated/α-hetero) is 1. The number of thiophene rings is 1. The van der Waals surface area contributed by atoms with Crippen molar-refractivity contribution in [2.45, 2.75) is 39.5 Å². The van der Waals surface area contributed by atoms with Gasteiger partial charge in [-0.05, 0) is 47.7 Å². The van der Waals surface area contributed by atoms with E-state index >= 15 is 0 Å². The highest BCUT2D eigenvalue weighted by Crippen LogP contribution is 2.36. The van der Waals surface area contributed by atoms with E-state index in [0.29, 0.717) is 5.92 Å². The zero-order valence-corrected chi connectivity index (χ0v) is 11.2. The van der Waals surface area contributed by atoms with Crippen LogP contribution in [0.15, 0.2) is 10.5 Å². The molecule has 0 atom stereocenters. The molecule has 0 aromatic carbocycles. The van der Waals surface area contributed by atoms with Gasteiger partial charge in [0, 0.05) is 9.35 Å². The van der Waals surface area contributed by atoms with Gasteiger partial charge in [0.1, 0.15) is 0 Å². The SMILES string of the molecule is CCC(CC)c1sc(C(C)=O)cc1Br. The Morgan fingerprint density at radius 1 is 1.50 bits per heavy atom. The van der Waals surface area contributed by atoms with Gasteiger partial charge in [-0.3, -0.25) is 4.79 Å². The molecular formula is C11H15BrOS. The molecule has 0 aliphatic carbocycles. The topological polar surface area (TPSA) is 17.1 Å². The average Bonchev–Trinajstić information content (AvgIpc) is 2.51. The summed E-state index contributed by atoms with van der Waals surface area (Å²) in [7, 11) is 0. The molecule has 1 rings (SSSR count). The van der Waals surface area contributed by atoms with Gasteiger partial charge in [0.15, 0.2) is 5.78 Å². The molecule has 0 amide bonds. The summed E-state index contributed by atoms with van der Waals surface area (Å²) in [4.78, 5) is 13.4. The molecule has 0 bridgehead atoms. The third-order valence-electron chi connectivity index (χ3n) is 2.42. The third-order valence-corrected chi connectivity index (χ3v) is 4.73. The number of carbonyl (C=O) groups is 1. The van der Waals surface area contributed by atoms with Crippen LogP contribution < -0.4 is 0 Å². The number of carbonyl (C=O) groups excluding carboxylic acids is 1. The molecule has 0 aliphatic rings. The first-order chi connectivity index (χ1) is 6.60. The molecule has 0 radical (unpaired) electrons. The fourth-order valence-electron chi connectivity index (χ4n) is 1.49. The van der Waals surface area contributed by atoms with E-state index in [-0.39, 0.29) is 5.78 Å². The molecule has 1 nitrogen and oxygen atoms in total. The summed E-state index contributed by atoms with van der Waals surface area (Å²) >= 11 is 5.15. The van der Waals surface area contributed by atoms with E-state index in [1.165, 1.54) is 4.88 Å². The summed E-state index contributed by atoms with van der Waals surface area (Å²) in [6, 6.07) is 1.95. The molecule has 0 aliphatic heterocycles. The van der Waals surface area contributed by atoms with Gasteiger partial charge in [-0.25, -0.2) is 0 Å². The van der Waals surface area contributed by atoms with Crippen LogP contribution in [-0.2, 0) is 0 Å². The molecule has 0 fully saturated rings. The van der Waals surface area contributed by atoms with Gasteiger partial charge in [-0.2, -0.15) is 0 Å². The lowest BCUT2D eigenvalue weighted by molar-refractivity contribution is 0.102. The van der Waals surface area contributed by atoms with Crippen molar-refractivity contribution < 1.29 is 4.79 Å². The Morgan fingerprint density at radius 2 is 2.07 bits per heavy atom. The lowest BCUT2D eigenvalue weighted by Crippen LogP contribution is -1.92. The zero-order valence-electron chi connectivity index (χ0n) is 8.76. The molecule has 0 spiro atoms. The maximum absolute atomic E-state index is 11.2. The predicted molar refractivity (Wildman–Crippen MR) is 65.3 cm³/mol. The molecule has 0 unspecified atom stereocenters. The van der Waals surface area contributed by atoms with E-state index in [0.717, 1.165) is 22.2 Å². The van der Waals surface area contributed by atoms with Gasteiger partial charge >= 0.3 is 0 Å². The molecule has 14 heavy (non-hydrogen) atoms. The van der Waals surface area contributed by atoms with Crippen molar-refractivity contribution in [3.63, 3.8) is 0 Å². The second-order valence-electron chi connectivity index (χ2n) is 3.39. The molecule has 3 heteroatoms. The molecule has 78 valence electrons. The Labute approximate surface area is 97.7 Å². The smallest absolute Gasteiger partial charge is 0.169 e. The first-order valence-electron chi connectivity index (χ1n) is 4.90. The van der Waals surface area contributed by atoms with E-state index in [9.17, 15) is 4.79 Å². The number of hydrogen-bond acceptors (Lipinski definition) is 2. The van der Waals surface area contributed by atoms with Gasteiger partial charge in [-0.15, -0.1) is 11.3 Å². The Kier molecular flexibility index (Phi) is 4.32. The van der Waals surface area contributed by atoms with Gasteiger partial charge in [0.05, 0.1) is 4.88 Å². The van der Waals surface area contributed by atoms with Crippen LogP contribution in [0.2, 0.25) is 0 Å². The second-order valence-corrected chi connectivity index (χ2v) is 5.33. The summed E-state index contributed by atoms with van der Waals surface area (Å²) < 4.78 is 1.10. The summed E-state index contributed by atoms with van der Waals surface area (Å²) in [5.74, 6) is 0.746. The third kappa shape index (κ3) is 2.45. The van der Waals surface area contributed by atoms with Crippen LogP contribution in [0.1, 0.15) is 54.1 Å². The van der Waals surface area contributed by atoms with E-state index in [1.807, 2.05) is 6.07 Å². The highest BCUT2D eigenvalue weighted by atomic mass is 79.9. The Morgan fingerprint density at radius 3 is 2.43 bits per heavy atom. The van der Waals surface area contributed by atoms with Crippen molar-refractivity contribution in [2.24, 2.45) is 0 Å². The van der Waals surface area contributed by atoms with Crippen molar-refractivity contribution in [1.82, 2.24) is 0 Å². The van der Waals surface area contributed by atoms with Crippen molar-refractivity contribution >= 4 is 33.0 Å². The predicted octanol–water partition coefficient (Wildman–Crippen LogP) is 4.62. The highest BCUT2D eigenvalue weighted by Gasteiger charge is 2.16. The van der Waals surface area contributed by atoms with Crippen LogP contribution in [0.3, 0.4) is 0 Å². The van der Waals surface area contributed by atoms with Crippen LogP contribution in [0.25, 0.3) is 0 Å². The number of halogens is 1. The molecule has 1 heterocycles. The van der Waals surface area contributed by atoms with Crippen molar-refractivity contribution in [1.29, 1.82) is 0 Å². The van der Waals surface area contributed by atoms with Crippen LogP contribution in [0.5, 0.6) is 0 Å². The minimum absolute atomic E-state index is 0.160. The molecule has 0 saturated heterocycles. The number of hydrogen-bond donors (Lipinski definition) is 0. The summed E-state index contributed by atoms with van der Waals surface area (Å²) in [6.07, 6.45) is 2.26. The van der Waals surface area contributed by atoms with Crippen LogP contribution in [0.4, 0.5) is 0 Å². The summed E-state index contributed by atoms with van der Waals surface area (Å²) in [5.41, 5.74) is 0. The fraction of sp³-hybridized carbons (Fsp3) is 0.545. The lowest BCUT2D eigenvalue weighted by Gasteiger charge is -2.09. The summed E-state index contributed by atoms with van der Waals surface area (Å²) in [6.45, 7) is 6.00. The van der Waals surface area contributed by atoms with E-state index < -0.39 is 0 Å². The molecule has 1 aromatic heterocycles. The van der Waals surface area contributed by atoms with Crippen molar-refractivity contribution in [2.75, 3.05) is 0 Å². The summed E-state index contributed by atoms with van der Waals surface area (Å²) in [5, 5.41) is 0. The van der Waals surface area contributed by atoms with Crippen molar-refractivity contribution in [3.8, 4) is 0 Å². The van der Waals surface area contributed by atoms with Gasteiger partial charge in [0.2, 0.25) is 0 Å². The Bertz CT molecular complexity index is 326. The molecule has 1 aromatic rings. The van der Waals surface area contributed by atoms with Crippen LogP contribution >= 0.6 is 27.3 Å². The molecule has 0 N–H and O–H groups in total. The first-order valence-corrected chi connectivity index (χ1v) is 6.51. The highest BCUT2D eigenvalue weighted by molar-refractivity contribution is 9.10. The van der Waals surface area contributed by atoms with Crippen molar-refractivity contribution in [3.05, 3.63) is 20.3 Å². The second kappa shape index (κ2) is 5.08. The largest absolute Gasteiger partial charge is 0.294 e. The lowest BCUT2D eigenvalue weighted by atomic mass is 10.0. The Hall–Kier alpha value is -0.150. The normalized spacial score (nSPS) is 10.9. The fourth-order valence-corrected chi connectivity index (χ4v) is 3.66. The molecule has 0 saturated carbocycles. The maximum atomic E-state index is 11.2. The molecular weight excluding hydrogens is 260 g/mol. The van der Waals surface area contributed by atoms with Gasteiger partial charge in [0.25, 0.3) is 0 Å². The Balaban J connectivity index is 3.02. The van der Waals surface area contributed by atoms with E-state index in [4.69, 9.17) is 0 Å². The first kappa shape index (κ1) is 11.9. The number of rotatable bonds is 4. The van der Waals surface area contributed by atoms with Gasteiger partial charge in [-0.1, -0.05) is 13.8 Å². The number of ketones is 1. The van der Waals surface area contributed by atoms with E-state index in [2.05, 4.69) is 29.8 Å².